The number of aryl methyl sites for hydroxylation is 1. The molecule has 1 fully saturated rings. The molecule has 0 radical (unpaired) electrons. The van der Waals surface area contributed by atoms with Crippen molar-refractivity contribution in [2.45, 2.75) is 11.5 Å². The van der Waals surface area contributed by atoms with Crippen LogP contribution < -0.4 is 5.32 Å². The molecule has 1 aromatic rings. The number of hydrogen-bond donors (Lipinski definition) is 1. The fourth-order valence-corrected chi connectivity index (χ4v) is 4.01. The van der Waals surface area contributed by atoms with Crippen molar-refractivity contribution in [2.24, 2.45) is 0 Å². The van der Waals surface area contributed by atoms with Crippen LogP contribution in [-0.2, 0) is 0 Å². The summed E-state index contributed by atoms with van der Waals surface area (Å²) >= 11 is 4.08. The van der Waals surface area contributed by atoms with E-state index in [1.54, 1.807) is 0 Å². The van der Waals surface area contributed by atoms with E-state index in [1.165, 1.54) is 11.5 Å². The van der Waals surface area contributed by atoms with Crippen molar-refractivity contribution < 1.29 is 0 Å². The lowest BCUT2D eigenvalue weighted by molar-refractivity contribution is 1.11. The number of rotatable bonds is 3. The van der Waals surface area contributed by atoms with Crippen molar-refractivity contribution in [1.29, 1.82) is 0 Å². The van der Waals surface area contributed by atoms with E-state index in [0.29, 0.717) is 4.58 Å². The van der Waals surface area contributed by atoms with Crippen LogP contribution in [0.15, 0.2) is 18.2 Å². The van der Waals surface area contributed by atoms with Crippen molar-refractivity contribution in [3.05, 3.63) is 23.9 Å². The molecule has 2 rings (SSSR count). The predicted molar refractivity (Wildman–Crippen MR) is 66.2 cm³/mol. The van der Waals surface area contributed by atoms with Gasteiger partial charge in [0.15, 0.2) is 0 Å². The number of thioether (sulfide) groups is 2. The van der Waals surface area contributed by atoms with Gasteiger partial charge in [-0.3, -0.25) is 0 Å². The molecule has 0 aromatic carbocycles. The molecule has 2 nitrogen and oxygen atoms in total. The summed E-state index contributed by atoms with van der Waals surface area (Å²) in [4.78, 5) is 4.40. The number of nitrogens with zero attached hydrogens (tertiary/aromatic N) is 1. The third-order valence-electron chi connectivity index (χ3n) is 2.03. The Kier molecular flexibility index (Phi) is 3.59. The topological polar surface area (TPSA) is 24.9 Å². The molecule has 0 bridgehead atoms. The minimum atomic E-state index is 0.706. The fourth-order valence-electron chi connectivity index (χ4n) is 1.35. The molecule has 0 spiro atoms. The first kappa shape index (κ1) is 10.2. The van der Waals surface area contributed by atoms with Crippen molar-refractivity contribution in [3.8, 4) is 0 Å². The SMILES string of the molecule is Cc1cccc(NCC2SCCS2)n1. The smallest absolute Gasteiger partial charge is 0.126 e. The van der Waals surface area contributed by atoms with Gasteiger partial charge in [0, 0.05) is 23.7 Å². The number of nitrogens with one attached hydrogen (secondary N) is 1. The lowest BCUT2D eigenvalue weighted by Gasteiger charge is -2.10. The Morgan fingerprint density at radius 3 is 2.93 bits per heavy atom. The molecule has 1 N–H and O–H groups in total. The molecule has 1 saturated heterocycles. The summed E-state index contributed by atoms with van der Waals surface area (Å²) in [7, 11) is 0. The highest BCUT2D eigenvalue weighted by atomic mass is 32.2. The standard InChI is InChI=1S/C10H14N2S2/c1-8-3-2-4-9(12-8)11-7-10-13-5-6-14-10/h2-4,10H,5-7H2,1H3,(H,11,12). The molecule has 0 atom stereocenters. The first-order valence-electron chi connectivity index (χ1n) is 4.75. The molecule has 4 heteroatoms. The van der Waals surface area contributed by atoms with Gasteiger partial charge in [0.25, 0.3) is 0 Å². The molecule has 1 aliphatic rings. The van der Waals surface area contributed by atoms with Crippen LogP contribution in [-0.4, -0.2) is 27.6 Å². The van der Waals surface area contributed by atoms with Gasteiger partial charge in [0.1, 0.15) is 5.82 Å². The number of anilines is 1. The Morgan fingerprint density at radius 1 is 1.43 bits per heavy atom. The molecular weight excluding hydrogens is 212 g/mol. The fraction of sp³-hybridized carbons (Fsp3) is 0.500. The molecule has 0 unspecified atom stereocenters. The molecule has 0 amide bonds. The second kappa shape index (κ2) is 4.94. The van der Waals surface area contributed by atoms with E-state index in [0.717, 1.165) is 18.1 Å². The van der Waals surface area contributed by atoms with Gasteiger partial charge in [-0.05, 0) is 19.1 Å². The van der Waals surface area contributed by atoms with Crippen LogP contribution in [0, 0.1) is 6.92 Å². The van der Waals surface area contributed by atoms with Crippen LogP contribution in [0.4, 0.5) is 5.82 Å². The maximum Gasteiger partial charge on any atom is 0.126 e. The summed E-state index contributed by atoms with van der Waals surface area (Å²) in [6.07, 6.45) is 0. The average Bonchev–Trinajstić information content (AvgIpc) is 2.67. The summed E-state index contributed by atoms with van der Waals surface area (Å²) in [5.41, 5.74) is 1.07. The zero-order chi connectivity index (χ0) is 9.80. The molecule has 1 aliphatic heterocycles. The van der Waals surface area contributed by atoms with Gasteiger partial charge in [-0.15, -0.1) is 23.5 Å². The monoisotopic (exact) mass is 226 g/mol. The van der Waals surface area contributed by atoms with Crippen molar-refractivity contribution in [3.63, 3.8) is 0 Å². The normalized spacial score (nSPS) is 17.2. The summed E-state index contributed by atoms with van der Waals surface area (Å²) in [6.45, 7) is 3.04. The van der Waals surface area contributed by atoms with Gasteiger partial charge in [0.05, 0.1) is 4.58 Å². The van der Waals surface area contributed by atoms with Crippen LogP contribution in [0.5, 0.6) is 0 Å². The number of pyridine rings is 1. The summed E-state index contributed by atoms with van der Waals surface area (Å²) in [6, 6.07) is 6.08. The zero-order valence-electron chi connectivity index (χ0n) is 8.19. The van der Waals surface area contributed by atoms with Crippen LogP contribution in [0.2, 0.25) is 0 Å². The van der Waals surface area contributed by atoms with Gasteiger partial charge in [-0.2, -0.15) is 0 Å². The van der Waals surface area contributed by atoms with Gasteiger partial charge >= 0.3 is 0 Å². The van der Waals surface area contributed by atoms with Crippen molar-refractivity contribution in [2.75, 3.05) is 23.4 Å². The Labute approximate surface area is 93.3 Å². The van der Waals surface area contributed by atoms with E-state index in [2.05, 4.69) is 10.3 Å². The van der Waals surface area contributed by atoms with Crippen molar-refractivity contribution >= 4 is 29.3 Å². The molecule has 0 saturated carbocycles. The zero-order valence-corrected chi connectivity index (χ0v) is 9.83. The Morgan fingerprint density at radius 2 is 2.21 bits per heavy atom. The highest BCUT2D eigenvalue weighted by Crippen LogP contribution is 2.31. The summed E-state index contributed by atoms with van der Waals surface area (Å²) < 4.78 is 0.706. The molecule has 2 heterocycles. The minimum absolute atomic E-state index is 0.706. The maximum absolute atomic E-state index is 4.40. The number of hydrogen-bond acceptors (Lipinski definition) is 4. The first-order valence-corrected chi connectivity index (χ1v) is 6.85. The predicted octanol–water partition coefficient (Wildman–Crippen LogP) is 2.61. The maximum atomic E-state index is 4.40. The van der Waals surface area contributed by atoms with Gasteiger partial charge in [-0.1, -0.05) is 6.07 Å². The Balaban J connectivity index is 1.85. The van der Waals surface area contributed by atoms with Crippen LogP contribution in [0.25, 0.3) is 0 Å². The van der Waals surface area contributed by atoms with Gasteiger partial charge < -0.3 is 5.32 Å². The molecule has 1 aromatic heterocycles. The lowest BCUT2D eigenvalue weighted by Crippen LogP contribution is -2.12. The molecule has 76 valence electrons. The van der Waals surface area contributed by atoms with Gasteiger partial charge in [-0.25, -0.2) is 4.98 Å². The average molecular weight is 226 g/mol. The van der Waals surface area contributed by atoms with Gasteiger partial charge in [0.2, 0.25) is 0 Å². The summed E-state index contributed by atoms with van der Waals surface area (Å²) in [5, 5.41) is 3.37. The highest BCUT2D eigenvalue weighted by Gasteiger charge is 2.15. The highest BCUT2D eigenvalue weighted by molar-refractivity contribution is 8.20. The van der Waals surface area contributed by atoms with E-state index in [-0.39, 0.29) is 0 Å². The van der Waals surface area contributed by atoms with E-state index in [9.17, 15) is 0 Å². The third kappa shape index (κ3) is 2.82. The van der Waals surface area contributed by atoms with E-state index < -0.39 is 0 Å². The summed E-state index contributed by atoms with van der Waals surface area (Å²) in [5.74, 6) is 3.58. The van der Waals surface area contributed by atoms with Crippen LogP contribution >= 0.6 is 23.5 Å². The number of aromatic nitrogens is 1. The van der Waals surface area contributed by atoms with E-state index >= 15 is 0 Å². The second-order valence-corrected chi connectivity index (χ2v) is 6.14. The third-order valence-corrected chi connectivity index (χ3v) is 5.06. The van der Waals surface area contributed by atoms with E-state index in [4.69, 9.17) is 0 Å². The largest absolute Gasteiger partial charge is 0.368 e. The Bertz CT molecular complexity index is 298. The molecule has 0 aliphatic carbocycles. The van der Waals surface area contributed by atoms with E-state index in [1.807, 2.05) is 48.6 Å². The first-order chi connectivity index (χ1) is 6.84. The second-order valence-electron chi connectivity index (χ2n) is 3.22. The quantitative estimate of drug-likeness (QED) is 0.856. The van der Waals surface area contributed by atoms with Crippen LogP contribution in [0.1, 0.15) is 5.69 Å². The molecular formula is C10H14N2S2. The lowest BCUT2D eigenvalue weighted by atomic mass is 10.4. The Hall–Kier alpha value is -0.350. The van der Waals surface area contributed by atoms with Crippen LogP contribution in [0.3, 0.4) is 0 Å². The van der Waals surface area contributed by atoms with Crippen molar-refractivity contribution in [1.82, 2.24) is 4.98 Å². The molecule has 14 heavy (non-hydrogen) atoms. The minimum Gasteiger partial charge on any atom is -0.368 e.